The highest BCUT2D eigenvalue weighted by molar-refractivity contribution is 5.75. The molecule has 0 unspecified atom stereocenters. The van der Waals surface area contributed by atoms with E-state index < -0.39 is 30.7 Å². The van der Waals surface area contributed by atoms with Gasteiger partial charge in [0.25, 0.3) is 0 Å². The van der Waals surface area contributed by atoms with Crippen molar-refractivity contribution in [2.45, 2.75) is 206 Å². The second-order valence-electron chi connectivity index (χ2n) is 13.9. The predicted molar refractivity (Wildman–Crippen MR) is 206 cm³/mol. The van der Waals surface area contributed by atoms with E-state index >= 15 is 0 Å². The zero-order valence-electron chi connectivity index (χ0n) is 32.4. The molecule has 0 heterocycles. The van der Waals surface area contributed by atoms with Crippen LogP contribution in [-0.4, -0.2) is 55.0 Å². The Bertz CT molecular complexity index is 844. The van der Waals surface area contributed by atoms with Crippen molar-refractivity contribution >= 4 is 17.9 Å². The van der Waals surface area contributed by atoms with Gasteiger partial charge in [-0.25, -0.2) is 0 Å². The van der Waals surface area contributed by atoms with E-state index in [0.29, 0.717) is 12.8 Å². The number of esters is 3. The molecule has 0 spiro atoms. The summed E-state index contributed by atoms with van der Waals surface area (Å²) < 4.78 is 16.0. The maximum Gasteiger partial charge on any atom is 0.325 e. The monoisotopic (exact) mass is 708 g/mol. The van der Waals surface area contributed by atoms with Gasteiger partial charge >= 0.3 is 17.9 Å². The molecule has 292 valence electrons. The van der Waals surface area contributed by atoms with Crippen molar-refractivity contribution in [3.05, 3.63) is 24.3 Å². The lowest BCUT2D eigenvalue weighted by Gasteiger charge is -2.19. The maximum atomic E-state index is 12.5. The molecule has 0 amide bonds. The fourth-order valence-corrected chi connectivity index (χ4v) is 5.66. The largest absolute Gasteiger partial charge is 0.462 e. The van der Waals surface area contributed by atoms with Crippen LogP contribution in [0.15, 0.2) is 24.3 Å². The highest BCUT2D eigenvalue weighted by Gasteiger charge is 2.21. The molecule has 0 bridgehead atoms. The van der Waals surface area contributed by atoms with Crippen LogP contribution < -0.4 is 5.73 Å². The van der Waals surface area contributed by atoms with Gasteiger partial charge in [-0.15, -0.1) is 0 Å². The van der Waals surface area contributed by atoms with Gasteiger partial charge in [0.2, 0.25) is 0 Å². The van der Waals surface area contributed by atoms with Gasteiger partial charge in [0, 0.05) is 12.8 Å². The molecule has 0 fully saturated rings. The minimum atomic E-state index is -1.18. The van der Waals surface area contributed by atoms with Gasteiger partial charge in [0.1, 0.15) is 19.3 Å². The molecule has 0 aliphatic carbocycles. The first kappa shape index (κ1) is 47.8. The van der Waals surface area contributed by atoms with Crippen LogP contribution in [0.25, 0.3) is 0 Å². The third-order valence-electron chi connectivity index (χ3n) is 8.92. The van der Waals surface area contributed by atoms with Crippen LogP contribution >= 0.6 is 0 Å². The van der Waals surface area contributed by atoms with E-state index in [1.165, 1.54) is 96.3 Å². The maximum absolute atomic E-state index is 12.5. The van der Waals surface area contributed by atoms with Gasteiger partial charge in [-0.3, -0.25) is 14.4 Å². The number of hydrogen-bond acceptors (Lipinski definition) is 8. The molecule has 2 atom stereocenters. The molecule has 0 aliphatic heterocycles. The summed E-state index contributed by atoms with van der Waals surface area (Å²) in [5.74, 6) is -1.58. The van der Waals surface area contributed by atoms with Gasteiger partial charge in [0.15, 0.2) is 6.10 Å². The standard InChI is InChI=1S/C42H77NO7/c1-3-5-7-9-11-13-15-17-19-21-23-25-27-29-31-33-40(45)48-36-38(37-49-42(47)39(43)35-44)50-41(46)34-32-30-28-26-24-22-20-18-16-14-12-10-8-6-4-2/h17-20,38-39,44H,3-16,21-37,43H2,1-2H3/t38-,39+/m1/s1. The van der Waals surface area contributed by atoms with E-state index in [4.69, 9.17) is 25.1 Å². The molecule has 0 rings (SSSR count). The second-order valence-corrected chi connectivity index (χ2v) is 13.9. The summed E-state index contributed by atoms with van der Waals surface area (Å²) in [6.45, 7) is 3.47. The molecule has 0 saturated heterocycles. The fourth-order valence-electron chi connectivity index (χ4n) is 5.66. The Labute approximate surface area is 306 Å². The summed E-state index contributed by atoms with van der Waals surface area (Å²) in [4.78, 5) is 36.8. The lowest BCUT2D eigenvalue weighted by molar-refractivity contribution is -0.167. The van der Waals surface area contributed by atoms with Crippen LogP contribution in [0.4, 0.5) is 0 Å². The van der Waals surface area contributed by atoms with E-state index in [9.17, 15) is 14.4 Å². The second kappa shape index (κ2) is 38.1. The van der Waals surface area contributed by atoms with Crippen LogP contribution in [0.2, 0.25) is 0 Å². The molecule has 0 aromatic rings. The van der Waals surface area contributed by atoms with Crippen LogP contribution in [0.1, 0.15) is 194 Å². The van der Waals surface area contributed by atoms with Gasteiger partial charge in [-0.2, -0.15) is 0 Å². The topological polar surface area (TPSA) is 125 Å². The summed E-state index contributed by atoms with van der Waals surface area (Å²) in [6.07, 6.45) is 39.5. The number of unbranched alkanes of at least 4 members (excludes halogenated alkanes) is 22. The average Bonchev–Trinajstić information content (AvgIpc) is 3.12. The molecule has 3 N–H and O–H groups in total. The summed E-state index contributed by atoms with van der Waals surface area (Å²) in [5.41, 5.74) is 5.52. The number of ether oxygens (including phenoxy) is 3. The molecule has 0 radical (unpaired) electrons. The van der Waals surface area contributed by atoms with Crippen LogP contribution in [0, 0.1) is 0 Å². The average molecular weight is 708 g/mol. The Balaban J connectivity index is 4.12. The zero-order chi connectivity index (χ0) is 36.8. The fraction of sp³-hybridized carbons (Fsp3) is 0.833. The number of aliphatic hydroxyl groups is 1. The summed E-state index contributed by atoms with van der Waals surface area (Å²) in [7, 11) is 0. The molecular formula is C42H77NO7. The van der Waals surface area contributed by atoms with Crippen LogP contribution in [-0.2, 0) is 28.6 Å². The highest BCUT2D eigenvalue weighted by atomic mass is 16.6. The molecular weight excluding hydrogens is 630 g/mol. The number of aliphatic hydroxyl groups excluding tert-OH is 1. The zero-order valence-corrected chi connectivity index (χ0v) is 32.4. The lowest BCUT2D eigenvalue weighted by atomic mass is 10.1. The predicted octanol–water partition coefficient (Wildman–Crippen LogP) is 10.4. The SMILES string of the molecule is CCCCCCCCC=CCCCCCCCC(=O)OC[C@H](COC(=O)[C@@H](N)CO)OC(=O)CCCCCCCC=CCCCCCCCC. The Morgan fingerprint density at radius 1 is 0.520 bits per heavy atom. The van der Waals surface area contributed by atoms with Crippen molar-refractivity contribution in [2.24, 2.45) is 5.73 Å². The van der Waals surface area contributed by atoms with Gasteiger partial charge in [-0.05, 0) is 64.2 Å². The Kier molecular flexibility index (Phi) is 36.4. The molecule has 8 nitrogen and oxygen atoms in total. The number of nitrogens with two attached hydrogens (primary N) is 1. The quantitative estimate of drug-likeness (QED) is 0.0283. The van der Waals surface area contributed by atoms with Crippen LogP contribution in [0.3, 0.4) is 0 Å². The van der Waals surface area contributed by atoms with Crippen molar-refractivity contribution in [3.8, 4) is 0 Å². The third kappa shape index (κ3) is 34.3. The number of carbonyl (C=O) groups is 3. The minimum absolute atomic E-state index is 0.191. The van der Waals surface area contributed by atoms with E-state index in [2.05, 4.69) is 38.2 Å². The molecule has 50 heavy (non-hydrogen) atoms. The number of carbonyl (C=O) groups excluding carboxylic acids is 3. The van der Waals surface area contributed by atoms with Crippen LogP contribution in [0.5, 0.6) is 0 Å². The smallest absolute Gasteiger partial charge is 0.325 e. The first-order valence-corrected chi connectivity index (χ1v) is 20.6. The number of allylic oxidation sites excluding steroid dienone is 4. The minimum Gasteiger partial charge on any atom is -0.462 e. The van der Waals surface area contributed by atoms with Crippen molar-refractivity contribution < 1.29 is 33.7 Å². The summed E-state index contributed by atoms with van der Waals surface area (Å²) in [5, 5.41) is 9.10. The van der Waals surface area contributed by atoms with Gasteiger partial charge in [0.05, 0.1) is 6.61 Å². The lowest BCUT2D eigenvalue weighted by Crippen LogP contribution is -2.38. The van der Waals surface area contributed by atoms with Crippen molar-refractivity contribution in [3.63, 3.8) is 0 Å². The molecule has 8 heteroatoms. The van der Waals surface area contributed by atoms with E-state index in [0.717, 1.165) is 64.2 Å². The van der Waals surface area contributed by atoms with E-state index in [1.54, 1.807) is 0 Å². The molecule has 0 aromatic heterocycles. The van der Waals surface area contributed by atoms with Crippen molar-refractivity contribution in [2.75, 3.05) is 19.8 Å². The van der Waals surface area contributed by atoms with Crippen molar-refractivity contribution in [1.82, 2.24) is 0 Å². The number of hydrogen-bond donors (Lipinski definition) is 2. The number of rotatable bonds is 37. The normalized spacial score (nSPS) is 12.8. The van der Waals surface area contributed by atoms with Crippen molar-refractivity contribution in [1.29, 1.82) is 0 Å². The first-order chi connectivity index (χ1) is 24.4. The molecule has 0 saturated carbocycles. The highest BCUT2D eigenvalue weighted by Crippen LogP contribution is 2.13. The molecule has 0 aliphatic rings. The molecule has 0 aromatic carbocycles. The summed E-state index contributed by atoms with van der Waals surface area (Å²) in [6, 6.07) is -1.18. The van der Waals surface area contributed by atoms with Gasteiger partial charge < -0.3 is 25.1 Å². The first-order valence-electron chi connectivity index (χ1n) is 20.6. The third-order valence-corrected chi connectivity index (χ3v) is 8.92. The van der Waals surface area contributed by atoms with Gasteiger partial charge in [-0.1, -0.05) is 141 Å². The Morgan fingerprint density at radius 3 is 1.30 bits per heavy atom. The Hall–Kier alpha value is -2.19. The van der Waals surface area contributed by atoms with E-state index in [-0.39, 0.29) is 25.6 Å². The Morgan fingerprint density at radius 2 is 0.880 bits per heavy atom. The van der Waals surface area contributed by atoms with E-state index in [1.807, 2.05) is 0 Å². The summed E-state index contributed by atoms with van der Waals surface area (Å²) >= 11 is 0.